The number of anilines is 1. The average molecular weight is 414 g/mol. The zero-order chi connectivity index (χ0) is 20.8. The Balaban J connectivity index is 1.35. The van der Waals surface area contributed by atoms with Crippen molar-refractivity contribution in [3.63, 3.8) is 0 Å². The lowest BCUT2D eigenvalue weighted by atomic mass is 10.0. The van der Waals surface area contributed by atoms with Gasteiger partial charge < -0.3 is 4.74 Å². The first-order chi connectivity index (χ1) is 14.7. The average Bonchev–Trinajstić information content (AvgIpc) is 3.27. The summed E-state index contributed by atoms with van der Waals surface area (Å²) in [4.78, 5) is 28.4. The lowest BCUT2D eigenvalue weighted by Crippen LogP contribution is -2.20. The molecule has 0 spiro atoms. The van der Waals surface area contributed by atoms with Crippen LogP contribution in [0.25, 0.3) is 22.4 Å². The van der Waals surface area contributed by atoms with E-state index in [1.54, 1.807) is 30.3 Å². The lowest BCUT2D eigenvalue weighted by molar-refractivity contribution is -0.119. The number of nitrogens with one attached hydrogen (secondary N) is 1. The number of aromatic nitrogens is 1. The fourth-order valence-electron chi connectivity index (χ4n) is 2.87. The zero-order valence-corrected chi connectivity index (χ0v) is 16.8. The van der Waals surface area contributed by atoms with Crippen LogP contribution in [0.5, 0.6) is 0 Å². The highest BCUT2D eigenvalue weighted by atomic mass is 32.1. The molecule has 1 amide bonds. The van der Waals surface area contributed by atoms with E-state index in [2.05, 4.69) is 22.4 Å². The molecule has 0 aliphatic carbocycles. The Morgan fingerprint density at radius 2 is 1.40 bits per heavy atom. The number of nitrogens with zero attached hydrogens (tertiary/aromatic N) is 1. The molecule has 30 heavy (non-hydrogen) atoms. The smallest absolute Gasteiger partial charge is 0.338 e. The molecule has 0 fully saturated rings. The first-order valence-electron chi connectivity index (χ1n) is 9.32. The highest BCUT2D eigenvalue weighted by Gasteiger charge is 2.12. The van der Waals surface area contributed by atoms with Gasteiger partial charge in [0.25, 0.3) is 5.91 Å². The van der Waals surface area contributed by atoms with Crippen molar-refractivity contribution in [2.75, 3.05) is 11.9 Å². The van der Waals surface area contributed by atoms with Gasteiger partial charge in [0.05, 0.1) is 11.3 Å². The number of hydrogen-bond donors (Lipinski definition) is 1. The minimum Gasteiger partial charge on any atom is -0.452 e. The number of benzene rings is 3. The molecule has 0 saturated carbocycles. The fraction of sp³-hybridized carbons (Fsp3) is 0.0417. The molecule has 1 heterocycles. The van der Waals surface area contributed by atoms with E-state index in [1.807, 2.05) is 47.8 Å². The van der Waals surface area contributed by atoms with Gasteiger partial charge in [-0.2, -0.15) is 0 Å². The van der Waals surface area contributed by atoms with Gasteiger partial charge in [-0.3, -0.25) is 10.1 Å². The van der Waals surface area contributed by atoms with Crippen LogP contribution in [0.4, 0.5) is 5.13 Å². The minimum absolute atomic E-state index is 0.367. The number of rotatable bonds is 6. The third-order valence-corrected chi connectivity index (χ3v) is 5.14. The van der Waals surface area contributed by atoms with Gasteiger partial charge in [0, 0.05) is 10.9 Å². The Hall–Kier alpha value is -3.77. The molecule has 5 nitrogen and oxygen atoms in total. The molecular weight excluding hydrogens is 396 g/mol. The molecule has 0 aliphatic rings. The topological polar surface area (TPSA) is 68.3 Å². The van der Waals surface area contributed by atoms with Gasteiger partial charge >= 0.3 is 5.97 Å². The standard InChI is InChI=1S/C24H18N2O3S/c27-22(15-29-23(28)20-9-5-2-6-10-20)26-24-25-21(16-30-24)19-13-11-18(12-14-19)17-7-3-1-4-8-17/h1-14,16H,15H2,(H,25,26,27). The van der Waals surface area contributed by atoms with Gasteiger partial charge in [-0.25, -0.2) is 9.78 Å². The molecule has 0 unspecified atom stereocenters. The van der Waals surface area contributed by atoms with Crippen molar-refractivity contribution in [1.29, 1.82) is 0 Å². The van der Waals surface area contributed by atoms with Crippen LogP contribution >= 0.6 is 11.3 Å². The Morgan fingerprint density at radius 3 is 2.10 bits per heavy atom. The van der Waals surface area contributed by atoms with Gasteiger partial charge in [-0.05, 0) is 23.3 Å². The second kappa shape index (κ2) is 9.15. The minimum atomic E-state index is -0.538. The highest BCUT2D eigenvalue weighted by Crippen LogP contribution is 2.27. The second-order valence-corrected chi connectivity index (χ2v) is 7.33. The summed E-state index contributed by atoms with van der Waals surface area (Å²) in [6, 6.07) is 26.8. The molecule has 0 aliphatic heterocycles. The van der Waals surface area contributed by atoms with Crippen LogP contribution < -0.4 is 5.32 Å². The van der Waals surface area contributed by atoms with Gasteiger partial charge in [0.2, 0.25) is 0 Å². The van der Waals surface area contributed by atoms with Crippen LogP contribution in [0.15, 0.2) is 90.3 Å². The Labute approximate surface area is 178 Å². The zero-order valence-electron chi connectivity index (χ0n) is 15.9. The summed E-state index contributed by atoms with van der Waals surface area (Å²) in [5, 5.41) is 5.00. The van der Waals surface area contributed by atoms with Crippen LogP contribution in [-0.2, 0) is 9.53 Å². The third-order valence-electron chi connectivity index (χ3n) is 4.38. The van der Waals surface area contributed by atoms with Crippen molar-refractivity contribution in [2.45, 2.75) is 0 Å². The summed E-state index contributed by atoms with van der Waals surface area (Å²) in [5.74, 6) is -0.969. The maximum atomic E-state index is 12.1. The summed E-state index contributed by atoms with van der Waals surface area (Å²) >= 11 is 1.32. The third kappa shape index (κ3) is 4.79. The summed E-state index contributed by atoms with van der Waals surface area (Å²) in [5.41, 5.74) is 4.42. The van der Waals surface area contributed by atoms with Gasteiger partial charge in [0.15, 0.2) is 11.7 Å². The summed E-state index contributed by atoms with van der Waals surface area (Å²) in [6.45, 7) is -0.367. The fourth-order valence-corrected chi connectivity index (χ4v) is 3.61. The Morgan fingerprint density at radius 1 is 0.800 bits per heavy atom. The first kappa shape index (κ1) is 19.5. The number of esters is 1. The van der Waals surface area contributed by atoms with Crippen LogP contribution in [0.3, 0.4) is 0 Å². The molecule has 6 heteroatoms. The molecular formula is C24H18N2O3S. The van der Waals surface area contributed by atoms with Crippen molar-refractivity contribution >= 4 is 28.3 Å². The van der Waals surface area contributed by atoms with E-state index in [4.69, 9.17) is 4.74 Å². The molecule has 0 atom stereocenters. The van der Waals surface area contributed by atoms with E-state index in [0.29, 0.717) is 10.7 Å². The normalized spacial score (nSPS) is 10.4. The SMILES string of the molecule is O=C(COC(=O)c1ccccc1)Nc1nc(-c2ccc(-c3ccccc3)cc2)cs1. The van der Waals surface area contributed by atoms with E-state index in [1.165, 1.54) is 11.3 Å². The summed E-state index contributed by atoms with van der Waals surface area (Å²) in [6.07, 6.45) is 0. The van der Waals surface area contributed by atoms with Gasteiger partial charge in [-0.1, -0.05) is 72.8 Å². The number of ether oxygens (including phenoxy) is 1. The summed E-state index contributed by atoms with van der Waals surface area (Å²) < 4.78 is 5.03. The molecule has 4 aromatic rings. The van der Waals surface area contributed by atoms with Crippen molar-refractivity contribution in [3.8, 4) is 22.4 Å². The molecule has 1 N–H and O–H groups in total. The largest absolute Gasteiger partial charge is 0.452 e. The van der Waals surface area contributed by atoms with E-state index in [-0.39, 0.29) is 6.61 Å². The van der Waals surface area contributed by atoms with Crippen molar-refractivity contribution in [1.82, 2.24) is 4.98 Å². The number of thiazole rings is 1. The Bertz CT molecular complexity index is 1140. The van der Waals surface area contributed by atoms with Crippen LogP contribution in [-0.4, -0.2) is 23.5 Å². The number of amides is 1. The van der Waals surface area contributed by atoms with Crippen LogP contribution in [0, 0.1) is 0 Å². The van der Waals surface area contributed by atoms with Gasteiger partial charge in [-0.15, -0.1) is 11.3 Å². The van der Waals surface area contributed by atoms with E-state index < -0.39 is 11.9 Å². The first-order valence-corrected chi connectivity index (χ1v) is 10.2. The maximum Gasteiger partial charge on any atom is 0.338 e. The number of carbonyl (C=O) groups excluding carboxylic acids is 2. The quantitative estimate of drug-likeness (QED) is 0.436. The van der Waals surface area contributed by atoms with Crippen LogP contribution in [0.1, 0.15) is 10.4 Å². The summed E-state index contributed by atoms with van der Waals surface area (Å²) in [7, 11) is 0. The number of hydrogen-bond acceptors (Lipinski definition) is 5. The van der Waals surface area contributed by atoms with Gasteiger partial charge in [0.1, 0.15) is 0 Å². The predicted octanol–water partition coefficient (Wildman–Crippen LogP) is 5.27. The predicted molar refractivity (Wildman–Crippen MR) is 118 cm³/mol. The molecule has 3 aromatic carbocycles. The van der Waals surface area contributed by atoms with Crippen LogP contribution in [0.2, 0.25) is 0 Å². The maximum absolute atomic E-state index is 12.1. The van der Waals surface area contributed by atoms with Crippen molar-refractivity contribution in [2.24, 2.45) is 0 Å². The molecule has 0 bridgehead atoms. The monoisotopic (exact) mass is 414 g/mol. The molecule has 148 valence electrons. The van der Waals surface area contributed by atoms with E-state index in [9.17, 15) is 9.59 Å². The van der Waals surface area contributed by atoms with E-state index in [0.717, 1.165) is 22.4 Å². The second-order valence-electron chi connectivity index (χ2n) is 6.47. The van der Waals surface area contributed by atoms with Crippen molar-refractivity contribution in [3.05, 3.63) is 95.9 Å². The molecule has 0 radical (unpaired) electrons. The van der Waals surface area contributed by atoms with Crippen molar-refractivity contribution < 1.29 is 14.3 Å². The molecule has 1 aromatic heterocycles. The van der Waals surface area contributed by atoms with E-state index >= 15 is 0 Å². The molecule has 4 rings (SSSR count). The highest BCUT2D eigenvalue weighted by molar-refractivity contribution is 7.14. The Kier molecular flexibility index (Phi) is 5.96. The lowest BCUT2D eigenvalue weighted by Gasteiger charge is -2.04. The molecule has 0 saturated heterocycles. The number of carbonyl (C=O) groups is 2.